The molecule has 3 N–H and O–H groups in total. The van der Waals surface area contributed by atoms with Crippen molar-refractivity contribution in [1.82, 2.24) is 9.03 Å². The van der Waals surface area contributed by atoms with Crippen LogP contribution < -0.4 is 39.0 Å². The number of hydrogen-bond acceptors (Lipinski definition) is 10. The predicted molar refractivity (Wildman–Crippen MR) is 140 cm³/mol. The molecule has 0 aliphatic rings. The second kappa shape index (κ2) is 11.8. The van der Waals surface area contributed by atoms with E-state index in [4.69, 9.17) is 0 Å². The van der Waals surface area contributed by atoms with Crippen molar-refractivity contribution in [1.29, 1.82) is 0 Å². The van der Waals surface area contributed by atoms with Crippen LogP contribution in [0, 0.1) is 0 Å². The van der Waals surface area contributed by atoms with Gasteiger partial charge in [0, 0.05) is 30.4 Å². The summed E-state index contributed by atoms with van der Waals surface area (Å²) >= 11 is 0. The Bertz CT molecular complexity index is 1730. The van der Waals surface area contributed by atoms with Crippen LogP contribution in [-0.4, -0.2) is 58.9 Å². The van der Waals surface area contributed by atoms with Crippen molar-refractivity contribution in [3.8, 4) is 5.75 Å². The molecule has 3 aromatic rings. The number of rotatable bonds is 8. The average molecular weight is 608 g/mol. The number of azo groups is 1. The van der Waals surface area contributed by atoms with Gasteiger partial charge in [-0.3, -0.25) is 4.72 Å². The molecule has 3 rings (SSSR count). The van der Waals surface area contributed by atoms with Crippen molar-refractivity contribution in [3.05, 3.63) is 48.5 Å². The quantitative estimate of drug-likeness (QED) is 0.183. The topological polar surface area (TPSA) is 198 Å². The van der Waals surface area contributed by atoms with E-state index < -0.39 is 51.4 Å². The Labute approximate surface area is 249 Å². The van der Waals surface area contributed by atoms with Gasteiger partial charge >= 0.3 is 39.8 Å². The van der Waals surface area contributed by atoms with E-state index >= 15 is 0 Å². The molecule has 206 valence electrons. The van der Waals surface area contributed by atoms with Crippen LogP contribution >= 0.6 is 0 Å². The zero-order valence-electron chi connectivity index (χ0n) is 22.0. The number of phenolic OH excluding ortho intramolecular Hbond substituents is 1. The number of aromatic hydroxyl groups is 1. The number of anilines is 1. The average Bonchev–Trinajstić information content (AvgIpc) is 2.76. The Morgan fingerprint density at radius 3 is 2.03 bits per heavy atom. The van der Waals surface area contributed by atoms with Gasteiger partial charge in [0.1, 0.15) is 20.8 Å². The summed E-state index contributed by atoms with van der Waals surface area (Å²) in [7, 11) is -10.4. The van der Waals surface area contributed by atoms with E-state index in [2.05, 4.69) is 19.7 Å². The maximum Gasteiger partial charge on any atom is 1.00 e. The summed E-state index contributed by atoms with van der Waals surface area (Å²) in [6, 6.07) is 9.75. The SMILES string of the molecule is CN(C)S(=O)(=O)Nc1cccc2c(O)c(S(=O)(=O)NC(C)(C)C)cc(N=Nc3ccc(S(=O)(=O)[O-])cc3)c12.[Na+]. The molecule has 0 atom stereocenters. The van der Waals surface area contributed by atoms with Crippen LogP contribution in [0.4, 0.5) is 17.1 Å². The molecule has 0 heterocycles. The molecule has 0 amide bonds. The van der Waals surface area contributed by atoms with E-state index in [0.29, 0.717) is 0 Å². The monoisotopic (exact) mass is 607 g/mol. The number of fused-ring (bicyclic) bond motifs is 1. The van der Waals surface area contributed by atoms with E-state index in [-0.39, 0.29) is 57.4 Å². The largest absolute Gasteiger partial charge is 1.00 e. The summed E-state index contributed by atoms with van der Waals surface area (Å²) in [5.41, 5.74) is -0.915. The van der Waals surface area contributed by atoms with E-state index in [1.54, 1.807) is 20.8 Å². The molecule has 0 aromatic heterocycles. The minimum Gasteiger partial charge on any atom is -0.744 e. The van der Waals surface area contributed by atoms with Crippen molar-refractivity contribution in [2.45, 2.75) is 36.1 Å². The first-order valence-corrected chi connectivity index (χ1v) is 15.2. The van der Waals surface area contributed by atoms with Gasteiger partial charge in [0.15, 0.2) is 0 Å². The van der Waals surface area contributed by atoms with Gasteiger partial charge in [0.2, 0.25) is 10.0 Å². The minimum absolute atomic E-state index is 0. The normalized spacial score (nSPS) is 13.1. The number of benzene rings is 3. The second-order valence-corrected chi connectivity index (χ2v) is 14.3. The molecular formula is C22H26N5NaO8S3. The fourth-order valence-electron chi connectivity index (χ4n) is 3.27. The molecule has 0 saturated heterocycles. The molecule has 0 radical (unpaired) electrons. The van der Waals surface area contributed by atoms with E-state index in [1.165, 1.54) is 44.4 Å². The maximum absolute atomic E-state index is 13.1. The minimum atomic E-state index is -4.68. The van der Waals surface area contributed by atoms with Crippen molar-refractivity contribution >= 4 is 58.2 Å². The van der Waals surface area contributed by atoms with Gasteiger partial charge in [0.25, 0.3) is 0 Å². The molecule has 3 aromatic carbocycles. The van der Waals surface area contributed by atoms with Crippen molar-refractivity contribution in [3.63, 3.8) is 0 Å². The Balaban J connectivity index is 0.00000533. The molecule has 17 heteroatoms. The molecule has 0 unspecified atom stereocenters. The number of hydrogen-bond donors (Lipinski definition) is 3. The molecule has 0 aliphatic heterocycles. The fraction of sp³-hybridized carbons (Fsp3) is 0.273. The van der Waals surface area contributed by atoms with Gasteiger partial charge in [-0.05, 0) is 57.2 Å². The van der Waals surface area contributed by atoms with Crippen LogP contribution in [0.5, 0.6) is 5.75 Å². The number of sulfonamides is 1. The Morgan fingerprint density at radius 2 is 1.51 bits per heavy atom. The van der Waals surface area contributed by atoms with Crippen molar-refractivity contribution in [2.75, 3.05) is 18.8 Å². The third-order valence-electron chi connectivity index (χ3n) is 4.93. The third kappa shape index (κ3) is 7.96. The summed E-state index contributed by atoms with van der Waals surface area (Å²) < 4.78 is 90.6. The van der Waals surface area contributed by atoms with Crippen LogP contribution in [-0.2, 0) is 30.4 Å². The van der Waals surface area contributed by atoms with Gasteiger partial charge < -0.3 is 9.66 Å². The zero-order valence-corrected chi connectivity index (χ0v) is 26.4. The summed E-state index contributed by atoms with van der Waals surface area (Å²) in [5, 5.41) is 19.1. The third-order valence-corrected chi connectivity index (χ3v) is 8.99. The summed E-state index contributed by atoms with van der Waals surface area (Å²) in [6.45, 7) is 4.84. The van der Waals surface area contributed by atoms with Crippen LogP contribution in [0.3, 0.4) is 0 Å². The maximum atomic E-state index is 13.1. The predicted octanol–water partition coefficient (Wildman–Crippen LogP) is 0.164. The Kier molecular flexibility index (Phi) is 9.97. The number of nitrogens with one attached hydrogen (secondary N) is 2. The fourth-order valence-corrected chi connectivity index (χ4v) is 5.92. The molecule has 0 spiro atoms. The van der Waals surface area contributed by atoms with Crippen LogP contribution in [0.25, 0.3) is 10.8 Å². The van der Waals surface area contributed by atoms with Crippen LogP contribution in [0.1, 0.15) is 20.8 Å². The van der Waals surface area contributed by atoms with Crippen LogP contribution in [0.15, 0.2) is 68.6 Å². The molecular weight excluding hydrogens is 581 g/mol. The first-order chi connectivity index (χ1) is 17.3. The summed E-state index contributed by atoms with van der Waals surface area (Å²) in [5.74, 6) is -0.633. The summed E-state index contributed by atoms with van der Waals surface area (Å²) in [4.78, 5) is -0.997. The van der Waals surface area contributed by atoms with E-state index in [9.17, 15) is 34.9 Å². The molecule has 39 heavy (non-hydrogen) atoms. The van der Waals surface area contributed by atoms with Crippen molar-refractivity contribution in [2.24, 2.45) is 10.2 Å². The summed E-state index contributed by atoms with van der Waals surface area (Å²) in [6.07, 6.45) is 0. The van der Waals surface area contributed by atoms with Gasteiger partial charge in [0.05, 0.1) is 22.0 Å². The molecule has 0 fully saturated rings. The van der Waals surface area contributed by atoms with Gasteiger partial charge in [-0.25, -0.2) is 21.6 Å². The number of phenols is 1. The molecule has 0 bridgehead atoms. The van der Waals surface area contributed by atoms with Gasteiger partial charge in [-0.2, -0.15) is 17.8 Å². The smallest absolute Gasteiger partial charge is 0.744 e. The van der Waals surface area contributed by atoms with E-state index in [1.807, 2.05) is 0 Å². The van der Waals surface area contributed by atoms with E-state index in [0.717, 1.165) is 22.5 Å². The van der Waals surface area contributed by atoms with Gasteiger partial charge in [-0.15, -0.1) is 5.11 Å². The molecule has 0 aliphatic carbocycles. The molecule has 0 saturated carbocycles. The second-order valence-electron chi connectivity index (χ2n) is 9.36. The Hall–Kier alpha value is -2.15. The molecule has 13 nitrogen and oxygen atoms in total. The van der Waals surface area contributed by atoms with Gasteiger partial charge in [-0.1, -0.05) is 12.1 Å². The van der Waals surface area contributed by atoms with Crippen LogP contribution in [0.2, 0.25) is 0 Å². The Morgan fingerprint density at radius 1 is 0.923 bits per heavy atom. The number of nitrogens with zero attached hydrogens (tertiary/aromatic N) is 3. The first kappa shape index (κ1) is 33.1. The van der Waals surface area contributed by atoms with Crippen molar-refractivity contribution < 1.29 is 64.5 Å². The zero-order chi connectivity index (χ0) is 28.7. The standard InChI is InChI=1S/C22H27N5O8S3.Na/c1-22(2,3)26-36(29,30)19-13-18(24-23-14-9-11-15(12-10-14)37(31,32)33)20-16(21(19)28)7-6-8-17(20)25-38(34,35)27(4)5;/h6-13,25-26,28H,1-5H3,(H,31,32,33);/q;+1/p-1. The first-order valence-electron chi connectivity index (χ1n) is 10.8.